The van der Waals surface area contributed by atoms with E-state index in [1.54, 1.807) is 20.9 Å². The van der Waals surface area contributed by atoms with Gasteiger partial charge in [0.1, 0.15) is 9.88 Å². The second-order valence-corrected chi connectivity index (χ2v) is 8.04. The largest absolute Gasteiger partial charge is 0.462 e. The topological polar surface area (TPSA) is 78.8 Å². The standard InChI is InChI=1S/C18H28F3N5O2S/c1-5-28-16(27)14-11(2)24-15(29-14)12(3)25-17(22-4)23-8-13-6-7-26(9-13)10-18(19,20)21/h12-13H,5-10H2,1-4H3,(H2,22,23,25). The van der Waals surface area contributed by atoms with E-state index in [1.807, 2.05) is 6.92 Å². The van der Waals surface area contributed by atoms with Crippen LogP contribution in [0, 0.1) is 12.8 Å². The van der Waals surface area contributed by atoms with Crippen LogP contribution >= 0.6 is 11.3 Å². The van der Waals surface area contributed by atoms with Crippen LogP contribution in [0.3, 0.4) is 0 Å². The fraction of sp³-hybridized carbons (Fsp3) is 0.722. The minimum atomic E-state index is -4.16. The summed E-state index contributed by atoms with van der Waals surface area (Å²) >= 11 is 1.27. The van der Waals surface area contributed by atoms with Gasteiger partial charge in [-0.3, -0.25) is 9.89 Å². The van der Waals surface area contributed by atoms with Gasteiger partial charge < -0.3 is 15.4 Å². The van der Waals surface area contributed by atoms with Crippen molar-refractivity contribution in [3.05, 3.63) is 15.6 Å². The van der Waals surface area contributed by atoms with Crippen LogP contribution in [-0.2, 0) is 4.74 Å². The fourth-order valence-electron chi connectivity index (χ4n) is 3.17. The van der Waals surface area contributed by atoms with Gasteiger partial charge in [-0.1, -0.05) is 0 Å². The minimum absolute atomic E-state index is 0.128. The Morgan fingerprint density at radius 1 is 1.48 bits per heavy atom. The zero-order valence-electron chi connectivity index (χ0n) is 17.1. The molecule has 29 heavy (non-hydrogen) atoms. The lowest BCUT2D eigenvalue weighted by Gasteiger charge is -2.20. The van der Waals surface area contributed by atoms with Crippen LogP contribution in [0.25, 0.3) is 0 Å². The number of hydrogen-bond acceptors (Lipinski definition) is 6. The molecule has 1 aromatic heterocycles. The van der Waals surface area contributed by atoms with Crippen molar-refractivity contribution >= 4 is 23.3 Å². The molecule has 1 aromatic rings. The summed E-state index contributed by atoms with van der Waals surface area (Å²) in [4.78, 5) is 22.5. The highest BCUT2D eigenvalue weighted by molar-refractivity contribution is 7.13. The van der Waals surface area contributed by atoms with Crippen molar-refractivity contribution in [3.8, 4) is 0 Å². The highest BCUT2D eigenvalue weighted by Crippen LogP contribution is 2.25. The molecule has 0 bridgehead atoms. The van der Waals surface area contributed by atoms with Gasteiger partial charge in [0.05, 0.1) is 24.9 Å². The highest BCUT2D eigenvalue weighted by Gasteiger charge is 2.34. The van der Waals surface area contributed by atoms with Crippen LogP contribution in [0.15, 0.2) is 4.99 Å². The molecule has 2 heterocycles. The van der Waals surface area contributed by atoms with Crippen molar-refractivity contribution in [1.29, 1.82) is 0 Å². The van der Waals surface area contributed by atoms with Crippen LogP contribution in [0.2, 0.25) is 0 Å². The maximum Gasteiger partial charge on any atom is 0.401 e. The summed E-state index contributed by atoms with van der Waals surface area (Å²) in [6.45, 7) is 6.25. The Bertz CT molecular complexity index is 723. The van der Waals surface area contributed by atoms with E-state index in [4.69, 9.17) is 4.74 Å². The third-order valence-corrected chi connectivity index (χ3v) is 5.87. The van der Waals surface area contributed by atoms with Crippen molar-refractivity contribution in [3.63, 3.8) is 0 Å². The Balaban J connectivity index is 1.86. The first-order chi connectivity index (χ1) is 13.6. The first-order valence-electron chi connectivity index (χ1n) is 9.53. The Labute approximate surface area is 172 Å². The highest BCUT2D eigenvalue weighted by atomic mass is 32.1. The first-order valence-corrected chi connectivity index (χ1v) is 10.3. The zero-order chi connectivity index (χ0) is 21.6. The third-order valence-electron chi connectivity index (χ3n) is 4.55. The molecule has 1 saturated heterocycles. The number of thiazole rings is 1. The number of rotatable bonds is 7. The van der Waals surface area contributed by atoms with E-state index in [-0.39, 0.29) is 17.9 Å². The molecule has 0 amide bonds. The number of aliphatic imine (C=N–C) groups is 1. The zero-order valence-corrected chi connectivity index (χ0v) is 17.9. The average molecular weight is 436 g/mol. The van der Waals surface area contributed by atoms with Crippen LogP contribution in [0.1, 0.15) is 46.7 Å². The quantitative estimate of drug-likeness (QED) is 0.390. The molecule has 0 radical (unpaired) electrons. The van der Waals surface area contributed by atoms with Gasteiger partial charge in [0.15, 0.2) is 5.96 Å². The van der Waals surface area contributed by atoms with E-state index >= 15 is 0 Å². The summed E-state index contributed by atoms with van der Waals surface area (Å²) < 4.78 is 42.6. The number of guanidine groups is 1. The number of carbonyl (C=O) groups is 1. The lowest BCUT2D eigenvalue weighted by atomic mass is 10.1. The van der Waals surface area contributed by atoms with Gasteiger partial charge in [0.2, 0.25) is 0 Å². The number of nitrogens with zero attached hydrogens (tertiary/aromatic N) is 3. The van der Waals surface area contributed by atoms with E-state index in [0.29, 0.717) is 49.2 Å². The number of aromatic nitrogens is 1. The van der Waals surface area contributed by atoms with Gasteiger partial charge in [0, 0.05) is 20.1 Å². The van der Waals surface area contributed by atoms with Gasteiger partial charge >= 0.3 is 12.1 Å². The molecule has 2 N–H and O–H groups in total. The summed E-state index contributed by atoms with van der Waals surface area (Å²) in [7, 11) is 1.63. The maximum atomic E-state index is 12.5. The van der Waals surface area contributed by atoms with Crippen molar-refractivity contribution in [2.75, 3.05) is 39.8 Å². The Morgan fingerprint density at radius 3 is 2.83 bits per heavy atom. The second-order valence-electron chi connectivity index (χ2n) is 7.01. The number of aryl methyl sites for hydroxylation is 1. The molecule has 164 valence electrons. The SMILES string of the molecule is CCOC(=O)c1sc(C(C)NC(=NC)NCC2CCN(CC(F)(F)F)C2)nc1C. The average Bonchev–Trinajstić information content (AvgIpc) is 3.23. The smallest absolute Gasteiger partial charge is 0.401 e. The van der Waals surface area contributed by atoms with Crippen LogP contribution in [0.5, 0.6) is 0 Å². The van der Waals surface area contributed by atoms with Gasteiger partial charge in [-0.05, 0) is 39.7 Å². The lowest BCUT2D eigenvalue weighted by molar-refractivity contribution is -0.143. The molecule has 7 nitrogen and oxygen atoms in total. The molecular weight excluding hydrogens is 407 g/mol. The van der Waals surface area contributed by atoms with E-state index in [0.717, 1.165) is 5.01 Å². The monoisotopic (exact) mass is 435 g/mol. The van der Waals surface area contributed by atoms with E-state index in [9.17, 15) is 18.0 Å². The summed E-state index contributed by atoms with van der Waals surface area (Å²) in [6.07, 6.45) is -3.45. The van der Waals surface area contributed by atoms with Gasteiger partial charge in [-0.15, -0.1) is 11.3 Å². The maximum absolute atomic E-state index is 12.5. The van der Waals surface area contributed by atoms with Gasteiger partial charge in [0.25, 0.3) is 0 Å². The van der Waals surface area contributed by atoms with Crippen LogP contribution in [0.4, 0.5) is 13.2 Å². The molecule has 2 rings (SSSR count). The molecule has 1 aliphatic rings. The number of alkyl halides is 3. The Kier molecular flexibility index (Phi) is 8.26. The number of likely N-dealkylation sites (tertiary alicyclic amines) is 1. The van der Waals surface area contributed by atoms with Crippen molar-refractivity contribution < 1.29 is 22.7 Å². The molecule has 11 heteroatoms. The molecule has 2 unspecified atom stereocenters. The van der Waals surface area contributed by atoms with Crippen molar-refractivity contribution in [2.45, 2.75) is 39.4 Å². The number of ether oxygens (including phenoxy) is 1. The molecular formula is C18H28F3N5O2S. The molecule has 0 saturated carbocycles. The van der Waals surface area contributed by atoms with E-state index in [2.05, 4.69) is 20.6 Å². The van der Waals surface area contributed by atoms with E-state index < -0.39 is 12.7 Å². The summed E-state index contributed by atoms with van der Waals surface area (Å²) in [5.41, 5.74) is 0.621. The van der Waals surface area contributed by atoms with E-state index in [1.165, 1.54) is 16.2 Å². The summed E-state index contributed by atoms with van der Waals surface area (Å²) in [6, 6.07) is -0.196. The molecule has 1 fully saturated rings. The van der Waals surface area contributed by atoms with Crippen LogP contribution < -0.4 is 10.6 Å². The summed E-state index contributed by atoms with van der Waals surface area (Å²) in [5.74, 6) is 0.286. The molecule has 2 atom stereocenters. The predicted molar refractivity (Wildman–Crippen MR) is 106 cm³/mol. The minimum Gasteiger partial charge on any atom is -0.462 e. The number of nitrogens with one attached hydrogen (secondary N) is 2. The molecule has 0 spiro atoms. The number of carbonyl (C=O) groups excluding carboxylic acids is 1. The van der Waals surface area contributed by atoms with Crippen molar-refractivity contribution in [1.82, 2.24) is 20.5 Å². The van der Waals surface area contributed by atoms with Crippen molar-refractivity contribution in [2.24, 2.45) is 10.9 Å². The summed E-state index contributed by atoms with van der Waals surface area (Å²) in [5, 5.41) is 7.11. The predicted octanol–water partition coefficient (Wildman–Crippen LogP) is 2.74. The fourth-order valence-corrected chi connectivity index (χ4v) is 4.13. The Morgan fingerprint density at radius 2 is 2.21 bits per heavy atom. The molecule has 0 aliphatic carbocycles. The third kappa shape index (κ3) is 7.14. The Hall–Kier alpha value is -1.88. The lowest BCUT2D eigenvalue weighted by Crippen LogP contribution is -2.41. The normalized spacial score (nSPS) is 19.3. The van der Waals surface area contributed by atoms with Gasteiger partial charge in [-0.2, -0.15) is 13.2 Å². The molecule has 1 aliphatic heterocycles. The van der Waals surface area contributed by atoms with Crippen LogP contribution in [-0.4, -0.2) is 67.8 Å². The first kappa shape index (κ1) is 23.4. The molecule has 0 aromatic carbocycles. The number of hydrogen-bond donors (Lipinski definition) is 2. The second kappa shape index (κ2) is 10.2. The van der Waals surface area contributed by atoms with Gasteiger partial charge in [-0.25, -0.2) is 9.78 Å². The number of halogens is 3. The number of esters is 1.